The minimum Gasteiger partial charge on any atom is -0.463 e. The molecule has 0 aliphatic carbocycles. The predicted molar refractivity (Wildman–Crippen MR) is 88.2 cm³/mol. The second-order valence-electron chi connectivity index (χ2n) is 5.97. The monoisotopic (exact) mass is 352 g/mol. The maximum atomic E-state index is 11.7. The first kappa shape index (κ1) is 20.6. The largest absolute Gasteiger partial charge is 0.463 e. The maximum absolute atomic E-state index is 11.7. The smallest absolute Gasteiger partial charge is 0.347 e. The zero-order valence-electron chi connectivity index (χ0n) is 14.6. The topological polar surface area (TPSA) is 99.1 Å². The van der Waals surface area contributed by atoms with Crippen LogP contribution in [0, 0.1) is 5.92 Å². The number of rotatable bonds is 9. The molecule has 2 atom stereocenters. The molecule has 1 aromatic carbocycles. The summed E-state index contributed by atoms with van der Waals surface area (Å²) in [6, 6.07) is 8.99. The van der Waals surface area contributed by atoms with Crippen LogP contribution in [0.15, 0.2) is 30.3 Å². The van der Waals surface area contributed by atoms with E-state index in [1.54, 1.807) is 24.3 Å². The van der Waals surface area contributed by atoms with Crippen LogP contribution < -0.4 is 0 Å². The van der Waals surface area contributed by atoms with Gasteiger partial charge in [-0.3, -0.25) is 4.79 Å². The van der Waals surface area contributed by atoms with Crippen molar-refractivity contribution in [3.05, 3.63) is 35.9 Å². The number of aliphatic hydroxyl groups is 1. The number of ether oxygens (including phenoxy) is 3. The van der Waals surface area contributed by atoms with Crippen LogP contribution in [0.5, 0.6) is 0 Å². The molecule has 0 spiro atoms. The lowest BCUT2D eigenvalue weighted by Gasteiger charge is -2.16. The van der Waals surface area contributed by atoms with E-state index in [2.05, 4.69) is 0 Å². The Morgan fingerprint density at radius 3 is 2.24 bits per heavy atom. The van der Waals surface area contributed by atoms with Crippen LogP contribution in [-0.4, -0.2) is 41.8 Å². The number of carbonyl (C=O) groups excluding carboxylic acids is 3. The Kier molecular flexibility index (Phi) is 8.63. The van der Waals surface area contributed by atoms with Gasteiger partial charge in [-0.05, 0) is 18.4 Å². The molecule has 25 heavy (non-hydrogen) atoms. The molecular formula is C18H24O7. The van der Waals surface area contributed by atoms with Crippen molar-refractivity contribution in [3.63, 3.8) is 0 Å². The van der Waals surface area contributed by atoms with Crippen LogP contribution >= 0.6 is 0 Å². The lowest BCUT2D eigenvalue weighted by molar-refractivity contribution is -0.174. The molecule has 0 fully saturated rings. The van der Waals surface area contributed by atoms with Gasteiger partial charge in [0.2, 0.25) is 0 Å². The number of aliphatic hydroxyl groups excluding tert-OH is 1. The summed E-state index contributed by atoms with van der Waals surface area (Å²) in [5.41, 5.74) is 0.787. The summed E-state index contributed by atoms with van der Waals surface area (Å²) in [7, 11) is 0. The van der Waals surface area contributed by atoms with Crippen molar-refractivity contribution >= 4 is 17.9 Å². The van der Waals surface area contributed by atoms with Gasteiger partial charge in [0, 0.05) is 0 Å². The van der Waals surface area contributed by atoms with E-state index < -0.39 is 36.5 Å². The van der Waals surface area contributed by atoms with Gasteiger partial charge < -0.3 is 19.3 Å². The number of hydrogen-bond acceptors (Lipinski definition) is 7. The van der Waals surface area contributed by atoms with Gasteiger partial charge in [-0.1, -0.05) is 44.2 Å². The molecule has 7 heteroatoms. The van der Waals surface area contributed by atoms with Crippen LogP contribution in [0.3, 0.4) is 0 Å². The Labute approximate surface area is 146 Å². The molecule has 0 saturated carbocycles. The fourth-order valence-electron chi connectivity index (χ4n) is 1.71. The van der Waals surface area contributed by atoms with E-state index in [-0.39, 0.29) is 19.1 Å². The zero-order valence-corrected chi connectivity index (χ0v) is 14.6. The van der Waals surface area contributed by atoms with E-state index >= 15 is 0 Å². The van der Waals surface area contributed by atoms with Crippen molar-refractivity contribution in [2.24, 2.45) is 5.92 Å². The highest BCUT2D eigenvalue weighted by molar-refractivity contribution is 5.84. The quantitative estimate of drug-likeness (QED) is 0.532. The first-order valence-electron chi connectivity index (χ1n) is 8.04. The van der Waals surface area contributed by atoms with Crippen molar-refractivity contribution in [1.82, 2.24) is 0 Å². The van der Waals surface area contributed by atoms with E-state index in [0.717, 1.165) is 5.56 Å². The zero-order chi connectivity index (χ0) is 18.8. The van der Waals surface area contributed by atoms with Gasteiger partial charge >= 0.3 is 17.9 Å². The Balaban J connectivity index is 2.35. The minimum absolute atomic E-state index is 0.0410. The van der Waals surface area contributed by atoms with E-state index in [1.165, 1.54) is 6.92 Å². The van der Waals surface area contributed by atoms with E-state index in [4.69, 9.17) is 14.2 Å². The molecule has 0 radical (unpaired) electrons. The third-order valence-electron chi connectivity index (χ3n) is 3.06. The SMILES string of the molecule is CC(C)COC(=O)[C@H](C)OC(=O)[C@@H](O)CC(=O)OCc1ccccc1. The van der Waals surface area contributed by atoms with Crippen molar-refractivity contribution in [1.29, 1.82) is 0 Å². The summed E-state index contributed by atoms with van der Waals surface area (Å²) in [5.74, 6) is -2.38. The molecule has 0 unspecified atom stereocenters. The Bertz CT molecular complexity index is 568. The van der Waals surface area contributed by atoms with Gasteiger partial charge in [0.15, 0.2) is 12.2 Å². The predicted octanol–water partition coefficient (Wildman–Crippen LogP) is 1.61. The van der Waals surface area contributed by atoms with Crippen molar-refractivity contribution in [2.75, 3.05) is 6.61 Å². The Morgan fingerprint density at radius 2 is 1.64 bits per heavy atom. The van der Waals surface area contributed by atoms with E-state index in [1.807, 2.05) is 19.9 Å². The molecule has 1 N–H and O–H groups in total. The van der Waals surface area contributed by atoms with Gasteiger partial charge in [-0.15, -0.1) is 0 Å². The van der Waals surface area contributed by atoms with Crippen molar-refractivity contribution in [3.8, 4) is 0 Å². The summed E-state index contributed by atoms with van der Waals surface area (Å²) in [5, 5.41) is 9.71. The number of hydrogen-bond donors (Lipinski definition) is 1. The van der Waals surface area contributed by atoms with Crippen LogP contribution in [0.4, 0.5) is 0 Å². The first-order chi connectivity index (χ1) is 11.8. The van der Waals surface area contributed by atoms with Crippen LogP contribution in [0.2, 0.25) is 0 Å². The highest BCUT2D eigenvalue weighted by atomic mass is 16.6. The second-order valence-corrected chi connectivity index (χ2v) is 5.97. The molecule has 7 nitrogen and oxygen atoms in total. The molecule has 0 saturated heterocycles. The normalized spacial score (nSPS) is 13.0. The molecule has 0 aliphatic rings. The summed E-state index contributed by atoms with van der Waals surface area (Å²) in [4.78, 5) is 35.0. The molecular weight excluding hydrogens is 328 g/mol. The molecule has 0 aliphatic heterocycles. The Hall–Kier alpha value is -2.41. The lowest BCUT2D eigenvalue weighted by atomic mass is 10.2. The van der Waals surface area contributed by atoms with E-state index in [9.17, 15) is 19.5 Å². The average Bonchev–Trinajstić information content (AvgIpc) is 2.58. The van der Waals surface area contributed by atoms with Crippen LogP contribution in [0.1, 0.15) is 32.8 Å². The number of carbonyl (C=O) groups is 3. The first-order valence-corrected chi connectivity index (χ1v) is 8.04. The van der Waals surface area contributed by atoms with Crippen molar-refractivity contribution in [2.45, 2.75) is 46.0 Å². The minimum atomic E-state index is -1.70. The molecule has 1 rings (SSSR count). The highest BCUT2D eigenvalue weighted by Crippen LogP contribution is 2.06. The van der Waals surface area contributed by atoms with Gasteiger partial charge in [0.05, 0.1) is 13.0 Å². The molecule has 0 bridgehead atoms. The van der Waals surface area contributed by atoms with Gasteiger partial charge in [0.25, 0.3) is 0 Å². The lowest BCUT2D eigenvalue weighted by Crippen LogP contribution is -2.33. The van der Waals surface area contributed by atoms with Crippen molar-refractivity contribution < 1.29 is 33.7 Å². The van der Waals surface area contributed by atoms with E-state index in [0.29, 0.717) is 0 Å². The average molecular weight is 352 g/mol. The maximum Gasteiger partial charge on any atom is 0.347 e. The van der Waals surface area contributed by atoms with Gasteiger partial charge in [-0.2, -0.15) is 0 Å². The second kappa shape index (κ2) is 10.5. The summed E-state index contributed by atoms with van der Waals surface area (Å²) in [6.07, 6.45) is -3.43. The molecule has 0 heterocycles. The molecule has 1 aromatic rings. The molecule has 138 valence electrons. The van der Waals surface area contributed by atoms with Gasteiger partial charge in [-0.25, -0.2) is 9.59 Å². The summed E-state index contributed by atoms with van der Waals surface area (Å²) < 4.78 is 14.7. The van der Waals surface area contributed by atoms with Crippen LogP contribution in [-0.2, 0) is 35.2 Å². The third kappa shape index (κ3) is 8.30. The molecule has 0 amide bonds. The number of esters is 3. The number of benzene rings is 1. The summed E-state index contributed by atoms with van der Waals surface area (Å²) in [6.45, 7) is 5.32. The highest BCUT2D eigenvalue weighted by Gasteiger charge is 2.26. The third-order valence-corrected chi connectivity index (χ3v) is 3.06. The molecule has 0 aromatic heterocycles. The van der Waals surface area contributed by atoms with Crippen LogP contribution in [0.25, 0.3) is 0 Å². The van der Waals surface area contributed by atoms with Gasteiger partial charge in [0.1, 0.15) is 6.61 Å². The fourth-order valence-corrected chi connectivity index (χ4v) is 1.71. The Morgan fingerprint density at radius 1 is 1.00 bits per heavy atom. The summed E-state index contributed by atoms with van der Waals surface area (Å²) >= 11 is 0. The fraction of sp³-hybridized carbons (Fsp3) is 0.500. The standard InChI is InChI=1S/C18H24O7/c1-12(2)10-24-17(21)13(3)25-18(22)15(19)9-16(20)23-11-14-7-5-4-6-8-14/h4-8,12-13,15,19H,9-11H2,1-3H3/t13-,15-/m0/s1.